The normalized spacial score (nSPS) is 14.4. The first-order valence-corrected chi connectivity index (χ1v) is 35.3. The molecular formula is C72H130N2O6P+. The molecule has 0 aromatic rings. The van der Waals surface area contributed by atoms with E-state index < -0.39 is 20.0 Å². The molecule has 8 nitrogen and oxygen atoms in total. The molecule has 0 bridgehead atoms. The maximum absolute atomic E-state index is 13.0. The summed E-state index contributed by atoms with van der Waals surface area (Å²) in [5.41, 5.74) is 0. The average molecular weight is 1150 g/mol. The van der Waals surface area contributed by atoms with Crippen molar-refractivity contribution in [1.29, 1.82) is 0 Å². The molecule has 0 radical (unpaired) electrons. The van der Waals surface area contributed by atoms with E-state index >= 15 is 0 Å². The molecule has 0 aliphatic heterocycles. The monoisotopic (exact) mass is 1150 g/mol. The number of phosphoric ester groups is 1. The Balaban J connectivity index is 4.06. The van der Waals surface area contributed by atoms with E-state index in [-0.39, 0.29) is 19.1 Å². The van der Waals surface area contributed by atoms with Gasteiger partial charge in [-0.3, -0.25) is 13.8 Å². The van der Waals surface area contributed by atoms with Gasteiger partial charge < -0.3 is 19.8 Å². The molecule has 0 saturated heterocycles. The molecule has 1 amide bonds. The Morgan fingerprint density at radius 3 is 1.14 bits per heavy atom. The fraction of sp³-hybridized carbons (Fsp3) is 0.736. The zero-order valence-electron chi connectivity index (χ0n) is 53.5. The Hall–Kier alpha value is -2.84. The van der Waals surface area contributed by atoms with Crippen LogP contribution in [0.2, 0.25) is 0 Å². The van der Waals surface area contributed by atoms with E-state index in [1.807, 2.05) is 27.2 Å². The van der Waals surface area contributed by atoms with Gasteiger partial charge in [-0.25, -0.2) is 4.57 Å². The van der Waals surface area contributed by atoms with Crippen molar-refractivity contribution in [1.82, 2.24) is 5.32 Å². The van der Waals surface area contributed by atoms with Gasteiger partial charge in [-0.05, 0) is 89.9 Å². The van der Waals surface area contributed by atoms with Gasteiger partial charge in [0.25, 0.3) is 0 Å². The fourth-order valence-electron chi connectivity index (χ4n) is 9.51. The number of nitrogens with one attached hydrogen (secondary N) is 1. The predicted molar refractivity (Wildman–Crippen MR) is 355 cm³/mol. The topological polar surface area (TPSA) is 105 Å². The predicted octanol–water partition coefficient (Wildman–Crippen LogP) is 21.5. The van der Waals surface area contributed by atoms with Gasteiger partial charge in [0.1, 0.15) is 13.2 Å². The number of carbonyl (C=O) groups is 1. The van der Waals surface area contributed by atoms with Crippen LogP contribution in [-0.2, 0) is 18.4 Å². The van der Waals surface area contributed by atoms with Crippen molar-refractivity contribution in [3.05, 3.63) is 109 Å². The first-order chi connectivity index (χ1) is 39.5. The second-order valence-corrected chi connectivity index (χ2v) is 25.3. The van der Waals surface area contributed by atoms with Crippen LogP contribution in [0.1, 0.15) is 290 Å². The quantitative estimate of drug-likeness (QED) is 0.0243. The number of quaternary nitrogens is 1. The van der Waals surface area contributed by atoms with Crippen molar-refractivity contribution in [3.63, 3.8) is 0 Å². The van der Waals surface area contributed by atoms with E-state index in [4.69, 9.17) is 9.05 Å². The van der Waals surface area contributed by atoms with Crippen molar-refractivity contribution < 1.29 is 32.9 Å². The minimum Gasteiger partial charge on any atom is -0.387 e. The number of aliphatic hydroxyl groups excluding tert-OH is 1. The molecule has 468 valence electrons. The number of nitrogens with zero attached hydrogens (tertiary/aromatic N) is 1. The second-order valence-electron chi connectivity index (χ2n) is 23.8. The van der Waals surface area contributed by atoms with Crippen LogP contribution in [0.5, 0.6) is 0 Å². The van der Waals surface area contributed by atoms with Crippen molar-refractivity contribution in [2.45, 2.75) is 302 Å². The maximum atomic E-state index is 13.0. The lowest BCUT2D eigenvalue weighted by molar-refractivity contribution is -0.870. The number of hydrogen-bond acceptors (Lipinski definition) is 5. The highest BCUT2D eigenvalue weighted by Crippen LogP contribution is 2.43. The summed E-state index contributed by atoms with van der Waals surface area (Å²) in [5.74, 6) is -0.187. The van der Waals surface area contributed by atoms with Crippen LogP contribution in [-0.4, -0.2) is 73.4 Å². The van der Waals surface area contributed by atoms with Crippen LogP contribution in [0.3, 0.4) is 0 Å². The van der Waals surface area contributed by atoms with Gasteiger partial charge in [-0.1, -0.05) is 303 Å². The molecule has 3 unspecified atom stereocenters. The number of carbonyl (C=O) groups excluding carboxylic acids is 1. The van der Waals surface area contributed by atoms with Crippen molar-refractivity contribution in [2.24, 2.45) is 0 Å². The van der Waals surface area contributed by atoms with E-state index in [1.165, 1.54) is 186 Å². The van der Waals surface area contributed by atoms with Crippen LogP contribution < -0.4 is 5.32 Å². The smallest absolute Gasteiger partial charge is 0.387 e. The van der Waals surface area contributed by atoms with E-state index in [2.05, 4.69) is 116 Å². The van der Waals surface area contributed by atoms with Crippen LogP contribution in [0, 0.1) is 0 Å². The SMILES string of the molecule is CC/C=C\C/C=C\C/C=C\C/C=C\C/C=C\C/C=C\C/C=C\CCCCCCCCCCCCCCCCCCCC(=O)NC(COP(=O)(O)OCC[N+](C)(C)C)C(O)/C=C/CC/C=C/CCCCCCCCCCCCCCCC. The highest BCUT2D eigenvalue weighted by molar-refractivity contribution is 7.47. The molecule has 0 heterocycles. The van der Waals surface area contributed by atoms with E-state index in [0.717, 1.165) is 83.5 Å². The van der Waals surface area contributed by atoms with Crippen LogP contribution >= 0.6 is 7.82 Å². The summed E-state index contributed by atoms with van der Waals surface area (Å²) in [5, 5.41) is 14.0. The summed E-state index contributed by atoms with van der Waals surface area (Å²) in [6, 6.07) is -0.869. The molecule has 0 fully saturated rings. The maximum Gasteiger partial charge on any atom is 0.472 e. The molecule has 9 heteroatoms. The van der Waals surface area contributed by atoms with Crippen LogP contribution in [0.4, 0.5) is 0 Å². The zero-order chi connectivity index (χ0) is 59.1. The number of unbranched alkanes of at least 4 members (excludes halogenated alkanes) is 32. The molecule has 0 aromatic heterocycles. The average Bonchev–Trinajstić information content (AvgIpc) is 3.43. The fourth-order valence-corrected chi connectivity index (χ4v) is 10.2. The van der Waals surface area contributed by atoms with Crippen molar-refractivity contribution in [2.75, 3.05) is 40.9 Å². The summed E-state index contributed by atoms with van der Waals surface area (Å²) in [7, 11) is 1.55. The molecule has 0 saturated carbocycles. The molecule has 0 rings (SSSR count). The minimum atomic E-state index is -4.36. The number of hydrogen-bond donors (Lipinski definition) is 3. The van der Waals surface area contributed by atoms with Gasteiger partial charge in [-0.2, -0.15) is 0 Å². The number of allylic oxidation sites excluding steroid dienone is 17. The molecule has 3 atom stereocenters. The lowest BCUT2D eigenvalue weighted by atomic mass is 10.0. The Labute approximate surface area is 501 Å². The summed E-state index contributed by atoms with van der Waals surface area (Å²) in [6.45, 7) is 4.70. The number of likely N-dealkylation sites (N-methyl/N-ethyl adjacent to an activating group) is 1. The highest BCUT2D eigenvalue weighted by Gasteiger charge is 2.28. The largest absolute Gasteiger partial charge is 0.472 e. The molecule has 81 heavy (non-hydrogen) atoms. The molecule has 0 aromatic carbocycles. The summed E-state index contributed by atoms with van der Waals surface area (Å²) in [4.78, 5) is 23.4. The zero-order valence-corrected chi connectivity index (χ0v) is 54.4. The van der Waals surface area contributed by atoms with Crippen molar-refractivity contribution >= 4 is 13.7 Å². The standard InChI is InChI=1S/C72H129N2O6P/c1-6-8-10-12-14-16-18-20-22-24-26-28-29-30-31-32-33-34-35-36-37-38-39-40-41-42-43-44-45-46-48-50-52-54-56-58-60-62-64-66-72(76)73-70(69-80-81(77,78)79-68-67-74(3,4)5)71(75)65-63-61-59-57-55-53-51-49-47-27-25-23-21-19-17-15-13-11-9-7-2/h8,10,14,16,20,22,26,28,30-31,33-34,36-37,55,57,63,65,70-71,75H,6-7,9,11-13,15,17-19,21,23-25,27,29,32,35,38-54,56,58-62,64,66-69H2,1-5H3,(H-,73,76,77,78)/p+1/b10-8-,16-14-,22-20-,28-26-,31-30-,34-33-,37-36-,57-55+,65-63+. The molecular weight excluding hydrogens is 1020 g/mol. The van der Waals surface area contributed by atoms with E-state index in [0.29, 0.717) is 17.4 Å². The number of phosphoric acid groups is 1. The molecule has 0 aliphatic carbocycles. The summed E-state index contributed by atoms with van der Waals surface area (Å²) in [6.07, 6.45) is 90.8. The summed E-state index contributed by atoms with van der Waals surface area (Å²) < 4.78 is 23.8. The first kappa shape index (κ1) is 78.2. The molecule has 3 N–H and O–H groups in total. The summed E-state index contributed by atoms with van der Waals surface area (Å²) >= 11 is 0. The van der Waals surface area contributed by atoms with Gasteiger partial charge in [0, 0.05) is 6.42 Å². The first-order valence-electron chi connectivity index (χ1n) is 33.8. The van der Waals surface area contributed by atoms with Gasteiger partial charge in [0.15, 0.2) is 0 Å². The van der Waals surface area contributed by atoms with E-state index in [9.17, 15) is 19.4 Å². The Morgan fingerprint density at radius 1 is 0.432 bits per heavy atom. The lowest BCUT2D eigenvalue weighted by Crippen LogP contribution is -2.45. The van der Waals surface area contributed by atoms with Gasteiger partial charge >= 0.3 is 7.82 Å². The Morgan fingerprint density at radius 2 is 0.753 bits per heavy atom. The van der Waals surface area contributed by atoms with Gasteiger partial charge in [0.2, 0.25) is 5.91 Å². The van der Waals surface area contributed by atoms with Gasteiger partial charge in [0.05, 0.1) is 39.9 Å². The second kappa shape index (κ2) is 61.7. The Kier molecular flexibility index (Phi) is 59.5. The number of rotatable bonds is 61. The minimum absolute atomic E-state index is 0.0536. The van der Waals surface area contributed by atoms with Crippen molar-refractivity contribution in [3.8, 4) is 0 Å². The third kappa shape index (κ3) is 64.6. The number of amides is 1. The van der Waals surface area contributed by atoms with Crippen LogP contribution in [0.15, 0.2) is 109 Å². The third-order valence-electron chi connectivity index (χ3n) is 14.7. The Bertz CT molecular complexity index is 1690. The number of aliphatic hydroxyl groups is 1. The molecule has 0 aliphatic rings. The molecule has 0 spiro atoms. The lowest BCUT2D eigenvalue weighted by Gasteiger charge is -2.25. The highest BCUT2D eigenvalue weighted by atomic mass is 31.2. The van der Waals surface area contributed by atoms with Crippen LogP contribution in [0.25, 0.3) is 0 Å². The van der Waals surface area contributed by atoms with E-state index in [1.54, 1.807) is 6.08 Å². The van der Waals surface area contributed by atoms with Gasteiger partial charge in [-0.15, -0.1) is 0 Å². The third-order valence-corrected chi connectivity index (χ3v) is 15.7.